The minimum Gasteiger partial charge on any atom is -0.310 e. The van der Waals surface area contributed by atoms with Crippen LogP contribution in [-0.4, -0.2) is 0 Å². The van der Waals surface area contributed by atoms with E-state index in [2.05, 4.69) is 265 Å². The molecule has 11 aromatic carbocycles. The summed E-state index contributed by atoms with van der Waals surface area (Å²) in [6.45, 7) is 0. The van der Waals surface area contributed by atoms with Crippen LogP contribution in [0.2, 0.25) is 0 Å². The predicted molar refractivity (Wildman–Crippen MR) is 279 cm³/mol. The van der Waals surface area contributed by atoms with Crippen LogP contribution in [0.5, 0.6) is 0 Å². The zero-order valence-corrected chi connectivity index (χ0v) is 36.6. The van der Waals surface area contributed by atoms with Crippen LogP contribution in [0.25, 0.3) is 66.4 Å². The first-order valence-electron chi connectivity index (χ1n) is 23.3. The van der Waals surface area contributed by atoms with Crippen LogP contribution < -0.4 is 9.80 Å². The first-order valence-corrected chi connectivity index (χ1v) is 23.3. The molecule has 1 spiro atoms. The van der Waals surface area contributed by atoms with Gasteiger partial charge in [-0.15, -0.1) is 0 Å². The maximum atomic E-state index is 2.52. The minimum absolute atomic E-state index is 0.634. The largest absolute Gasteiger partial charge is 0.310 e. The maximum Gasteiger partial charge on any atom is 0.0726 e. The van der Waals surface area contributed by atoms with Gasteiger partial charge in [0.05, 0.1) is 16.8 Å². The smallest absolute Gasteiger partial charge is 0.0726 e. The first-order chi connectivity index (χ1) is 33.3. The maximum absolute atomic E-state index is 2.52. The molecule has 14 rings (SSSR count). The molecule has 0 fully saturated rings. The molecule has 1 heterocycles. The fraction of sp³-hybridized carbons (Fsp3) is 0.0154. The van der Waals surface area contributed by atoms with E-state index >= 15 is 0 Å². The van der Waals surface area contributed by atoms with Gasteiger partial charge >= 0.3 is 0 Å². The lowest BCUT2D eigenvalue weighted by Gasteiger charge is -2.37. The molecule has 1 unspecified atom stereocenters. The molecule has 0 N–H and O–H groups in total. The molecule has 312 valence electrons. The van der Waals surface area contributed by atoms with E-state index in [-0.39, 0.29) is 0 Å². The average Bonchev–Trinajstić information content (AvgIpc) is 3.54. The number of para-hydroxylation sites is 3. The second kappa shape index (κ2) is 14.7. The van der Waals surface area contributed by atoms with Crippen molar-refractivity contribution in [3.8, 4) is 55.6 Å². The number of fused-ring (bicyclic) bond motifs is 18. The SMILES string of the molecule is c1ccc(N(c2ccc3c(c2)N(c2ccccc2)c2ccccc2-c2ccccc2-3)c2ccc3c(c2)C2(c4ccccc4-c4ccccc4-3)c3ccccc3-c3cc4ccccc4cc32)cc1. The number of hydrogen-bond acceptors (Lipinski definition) is 2. The van der Waals surface area contributed by atoms with E-state index in [0.717, 1.165) is 34.1 Å². The highest BCUT2D eigenvalue weighted by Gasteiger charge is 2.50. The number of nitrogens with zero attached hydrogens (tertiary/aromatic N) is 2. The van der Waals surface area contributed by atoms with Gasteiger partial charge in [-0.3, -0.25) is 0 Å². The zero-order chi connectivity index (χ0) is 44.1. The van der Waals surface area contributed by atoms with Gasteiger partial charge in [0.15, 0.2) is 0 Å². The Morgan fingerprint density at radius 3 is 1.34 bits per heavy atom. The molecular formula is C65H42N2. The van der Waals surface area contributed by atoms with Crippen molar-refractivity contribution < 1.29 is 0 Å². The van der Waals surface area contributed by atoms with E-state index in [1.165, 1.54) is 88.7 Å². The standard InChI is InChI=1S/C65H42N2/c1-3-21-45(22-4-1)66(48-36-38-57-52-28-12-11-27-51(52)56-31-15-18-34-63(56)67(64(57)42-48)46-23-5-2-6-24-46)47-35-37-55-50-26-10-9-25-49(50)53-29-13-16-32-59(53)65(62(55)41-47)60-33-17-14-30-54(60)58-39-43-19-7-8-20-44(43)40-61(58)65/h1-42H. The topological polar surface area (TPSA) is 6.48 Å². The quantitative estimate of drug-likeness (QED) is 0.174. The Morgan fingerprint density at radius 1 is 0.254 bits per heavy atom. The van der Waals surface area contributed by atoms with Gasteiger partial charge in [-0.2, -0.15) is 0 Å². The van der Waals surface area contributed by atoms with Gasteiger partial charge in [-0.25, -0.2) is 0 Å². The molecule has 0 bridgehead atoms. The third-order valence-corrected chi connectivity index (χ3v) is 14.6. The Kier molecular flexibility index (Phi) is 8.23. The molecule has 67 heavy (non-hydrogen) atoms. The molecule has 0 aromatic heterocycles. The van der Waals surface area contributed by atoms with E-state index in [1.54, 1.807) is 0 Å². The van der Waals surface area contributed by atoms with Crippen LogP contribution in [0.15, 0.2) is 255 Å². The van der Waals surface area contributed by atoms with Crippen LogP contribution in [0.1, 0.15) is 22.3 Å². The Hall–Kier alpha value is -8.72. The molecule has 1 atom stereocenters. The molecule has 0 radical (unpaired) electrons. The Balaban J connectivity index is 1.08. The Labute approximate surface area is 390 Å². The molecule has 2 heteroatoms. The van der Waals surface area contributed by atoms with Crippen molar-refractivity contribution in [2.75, 3.05) is 9.80 Å². The summed E-state index contributed by atoms with van der Waals surface area (Å²) in [5.74, 6) is 0. The van der Waals surface area contributed by atoms with Crippen LogP contribution in [-0.2, 0) is 5.41 Å². The first kappa shape index (κ1) is 37.6. The summed E-state index contributed by atoms with van der Waals surface area (Å²) < 4.78 is 0. The van der Waals surface area contributed by atoms with Gasteiger partial charge in [0.1, 0.15) is 0 Å². The summed E-state index contributed by atoms with van der Waals surface area (Å²) in [4.78, 5) is 4.92. The summed E-state index contributed by atoms with van der Waals surface area (Å²) in [6.07, 6.45) is 0. The number of benzene rings is 11. The lowest BCUT2D eigenvalue weighted by Crippen LogP contribution is -2.29. The molecule has 3 aliphatic rings. The molecule has 0 saturated heterocycles. The summed E-state index contributed by atoms with van der Waals surface area (Å²) in [5, 5.41) is 2.49. The monoisotopic (exact) mass is 850 g/mol. The number of hydrogen-bond donors (Lipinski definition) is 0. The average molecular weight is 851 g/mol. The van der Waals surface area contributed by atoms with Crippen LogP contribution >= 0.6 is 0 Å². The van der Waals surface area contributed by atoms with E-state index in [0.29, 0.717) is 0 Å². The second-order valence-corrected chi connectivity index (χ2v) is 18.0. The van der Waals surface area contributed by atoms with E-state index in [4.69, 9.17) is 0 Å². The van der Waals surface area contributed by atoms with Crippen molar-refractivity contribution in [1.29, 1.82) is 0 Å². The fourth-order valence-corrected chi connectivity index (χ4v) is 11.8. The van der Waals surface area contributed by atoms with Crippen LogP contribution in [0.4, 0.5) is 34.1 Å². The summed E-state index contributed by atoms with van der Waals surface area (Å²) in [5.41, 5.74) is 23.6. The minimum atomic E-state index is -0.634. The lowest BCUT2D eigenvalue weighted by molar-refractivity contribution is 0.776. The molecule has 0 saturated carbocycles. The third-order valence-electron chi connectivity index (χ3n) is 14.6. The van der Waals surface area contributed by atoms with E-state index in [9.17, 15) is 0 Å². The van der Waals surface area contributed by atoms with Gasteiger partial charge < -0.3 is 9.80 Å². The molecule has 11 aromatic rings. The van der Waals surface area contributed by atoms with Crippen LogP contribution in [0.3, 0.4) is 0 Å². The fourth-order valence-electron chi connectivity index (χ4n) is 11.8. The summed E-state index contributed by atoms with van der Waals surface area (Å²) in [7, 11) is 0. The van der Waals surface area contributed by atoms with E-state index in [1.807, 2.05) is 0 Å². The van der Waals surface area contributed by atoms with Crippen LogP contribution in [0, 0.1) is 0 Å². The van der Waals surface area contributed by atoms with Crippen molar-refractivity contribution in [2.45, 2.75) is 5.41 Å². The molecular weight excluding hydrogens is 809 g/mol. The summed E-state index contributed by atoms with van der Waals surface area (Å²) in [6, 6.07) is 94.9. The highest BCUT2D eigenvalue weighted by atomic mass is 15.2. The summed E-state index contributed by atoms with van der Waals surface area (Å²) >= 11 is 0. The molecule has 2 aliphatic carbocycles. The van der Waals surface area contributed by atoms with E-state index < -0.39 is 5.41 Å². The second-order valence-electron chi connectivity index (χ2n) is 18.0. The highest BCUT2D eigenvalue weighted by molar-refractivity contribution is 6.05. The number of anilines is 6. The van der Waals surface area contributed by atoms with Gasteiger partial charge in [-0.1, -0.05) is 188 Å². The number of rotatable bonds is 4. The van der Waals surface area contributed by atoms with Gasteiger partial charge in [0.2, 0.25) is 0 Å². The Bertz CT molecular complexity index is 3780. The predicted octanol–water partition coefficient (Wildman–Crippen LogP) is 17.4. The van der Waals surface area contributed by atoms with Gasteiger partial charge in [0, 0.05) is 33.9 Å². The molecule has 0 amide bonds. The molecule has 1 aliphatic heterocycles. The lowest BCUT2D eigenvalue weighted by atomic mass is 9.65. The van der Waals surface area contributed by atoms with Crippen molar-refractivity contribution >= 4 is 44.9 Å². The third kappa shape index (κ3) is 5.45. The van der Waals surface area contributed by atoms with Crippen molar-refractivity contribution in [2.24, 2.45) is 0 Å². The van der Waals surface area contributed by atoms with Gasteiger partial charge in [0.25, 0.3) is 0 Å². The Morgan fingerprint density at radius 2 is 0.687 bits per heavy atom. The zero-order valence-electron chi connectivity index (χ0n) is 36.6. The normalized spacial score (nSPS) is 14.6. The van der Waals surface area contributed by atoms with Crippen molar-refractivity contribution in [3.63, 3.8) is 0 Å². The van der Waals surface area contributed by atoms with Crippen molar-refractivity contribution in [1.82, 2.24) is 0 Å². The highest BCUT2D eigenvalue weighted by Crippen LogP contribution is 2.63. The van der Waals surface area contributed by atoms with Crippen molar-refractivity contribution in [3.05, 3.63) is 277 Å². The molecule has 2 nitrogen and oxygen atoms in total. The van der Waals surface area contributed by atoms with Gasteiger partial charge in [-0.05, 0) is 144 Å².